The number of aliphatic hydroxyl groups is 1. The Morgan fingerprint density at radius 2 is 2.13 bits per heavy atom. The Hall–Kier alpha value is -1.13. The van der Waals surface area contributed by atoms with E-state index in [0.717, 1.165) is 5.56 Å². The first-order valence-corrected chi connectivity index (χ1v) is 5.02. The van der Waals surface area contributed by atoms with Crippen LogP contribution in [0, 0.1) is 0 Å². The fourth-order valence-corrected chi connectivity index (χ4v) is 1.02. The van der Waals surface area contributed by atoms with Crippen molar-refractivity contribution in [3.63, 3.8) is 0 Å². The van der Waals surface area contributed by atoms with Gasteiger partial charge in [-0.25, -0.2) is 4.98 Å². The highest BCUT2D eigenvalue weighted by molar-refractivity contribution is 5.16. The first-order chi connectivity index (χ1) is 7.22. The molecule has 0 saturated carbocycles. The van der Waals surface area contributed by atoms with Gasteiger partial charge in [-0.3, -0.25) is 0 Å². The van der Waals surface area contributed by atoms with E-state index >= 15 is 0 Å². The van der Waals surface area contributed by atoms with E-state index < -0.39 is 0 Å². The summed E-state index contributed by atoms with van der Waals surface area (Å²) in [6.45, 7) is 5.01. The van der Waals surface area contributed by atoms with Crippen molar-refractivity contribution in [2.45, 2.75) is 26.6 Å². The summed E-state index contributed by atoms with van der Waals surface area (Å²) in [5, 5.41) is 8.80. The van der Waals surface area contributed by atoms with Crippen LogP contribution in [0.15, 0.2) is 18.3 Å². The highest BCUT2D eigenvalue weighted by Crippen LogP contribution is 2.07. The maximum absolute atomic E-state index is 8.80. The molecule has 4 nitrogen and oxygen atoms in total. The third-order valence-electron chi connectivity index (χ3n) is 1.76. The third kappa shape index (κ3) is 4.76. The number of aliphatic hydroxyl groups excluding tert-OH is 1. The van der Waals surface area contributed by atoms with Gasteiger partial charge >= 0.3 is 0 Å². The molecule has 1 aromatic rings. The van der Waals surface area contributed by atoms with E-state index in [9.17, 15) is 0 Å². The zero-order chi connectivity index (χ0) is 11.1. The molecule has 0 aromatic carbocycles. The molecule has 0 fully saturated rings. The van der Waals surface area contributed by atoms with Crippen molar-refractivity contribution >= 4 is 0 Å². The van der Waals surface area contributed by atoms with E-state index in [1.54, 1.807) is 18.3 Å². The lowest BCUT2D eigenvalue weighted by molar-refractivity contribution is 0.0542. The lowest BCUT2D eigenvalue weighted by atomic mass is 10.3. The molecule has 0 saturated heterocycles. The van der Waals surface area contributed by atoms with E-state index in [0.29, 0.717) is 19.1 Å². The van der Waals surface area contributed by atoms with Crippen molar-refractivity contribution in [3.05, 3.63) is 23.9 Å². The minimum absolute atomic E-state index is 0.00371. The van der Waals surface area contributed by atoms with Crippen molar-refractivity contribution in [2.24, 2.45) is 0 Å². The van der Waals surface area contributed by atoms with Gasteiger partial charge in [0, 0.05) is 12.3 Å². The quantitative estimate of drug-likeness (QED) is 0.722. The molecular formula is C11H17NO3. The molecule has 0 aliphatic rings. The third-order valence-corrected chi connectivity index (χ3v) is 1.76. The van der Waals surface area contributed by atoms with Crippen molar-refractivity contribution in [2.75, 3.05) is 13.2 Å². The van der Waals surface area contributed by atoms with Crippen LogP contribution in [0.2, 0.25) is 0 Å². The van der Waals surface area contributed by atoms with Crippen LogP contribution in [-0.2, 0) is 11.3 Å². The summed E-state index contributed by atoms with van der Waals surface area (Å²) in [4.78, 5) is 4.03. The zero-order valence-electron chi connectivity index (χ0n) is 9.14. The molecule has 1 aromatic heterocycles. The number of rotatable bonds is 6. The SMILES string of the molecule is CC(C)OCCOc1ccc(CO)cn1. The molecule has 4 heteroatoms. The average molecular weight is 211 g/mol. The van der Waals surface area contributed by atoms with Crippen LogP contribution in [0.3, 0.4) is 0 Å². The lowest BCUT2D eigenvalue weighted by Crippen LogP contribution is -2.11. The first kappa shape index (κ1) is 11.9. The molecular weight excluding hydrogens is 194 g/mol. The van der Waals surface area contributed by atoms with Crippen molar-refractivity contribution in [3.8, 4) is 5.88 Å². The van der Waals surface area contributed by atoms with Gasteiger partial charge in [-0.2, -0.15) is 0 Å². The van der Waals surface area contributed by atoms with Crippen molar-refractivity contribution in [1.29, 1.82) is 0 Å². The molecule has 0 atom stereocenters. The Labute approximate surface area is 89.9 Å². The van der Waals surface area contributed by atoms with E-state index in [4.69, 9.17) is 14.6 Å². The summed E-state index contributed by atoms with van der Waals surface area (Å²) in [6, 6.07) is 3.52. The Kier molecular flexibility index (Phi) is 5.07. The van der Waals surface area contributed by atoms with E-state index in [1.165, 1.54) is 0 Å². The average Bonchev–Trinajstić information content (AvgIpc) is 2.25. The van der Waals surface area contributed by atoms with Gasteiger partial charge in [0.05, 0.1) is 19.3 Å². The zero-order valence-corrected chi connectivity index (χ0v) is 9.14. The second kappa shape index (κ2) is 6.37. The number of pyridine rings is 1. The summed E-state index contributed by atoms with van der Waals surface area (Å²) in [6.07, 6.45) is 1.82. The lowest BCUT2D eigenvalue weighted by Gasteiger charge is -2.08. The van der Waals surface area contributed by atoms with Gasteiger partial charge < -0.3 is 14.6 Å². The molecule has 0 aliphatic heterocycles. The molecule has 1 heterocycles. The molecule has 0 aliphatic carbocycles. The maximum Gasteiger partial charge on any atom is 0.213 e. The Bertz CT molecular complexity index is 272. The fourth-order valence-electron chi connectivity index (χ4n) is 1.02. The van der Waals surface area contributed by atoms with Gasteiger partial charge in [0.2, 0.25) is 5.88 Å². The highest BCUT2D eigenvalue weighted by Gasteiger charge is 1.97. The molecule has 1 N–H and O–H groups in total. The van der Waals surface area contributed by atoms with Crippen LogP contribution in [0.4, 0.5) is 0 Å². The minimum Gasteiger partial charge on any atom is -0.475 e. The minimum atomic E-state index is 0.00371. The molecule has 84 valence electrons. The molecule has 0 radical (unpaired) electrons. The monoisotopic (exact) mass is 211 g/mol. The van der Waals surface area contributed by atoms with Crippen molar-refractivity contribution < 1.29 is 14.6 Å². The summed E-state index contributed by atoms with van der Waals surface area (Å²) >= 11 is 0. The van der Waals surface area contributed by atoms with Gasteiger partial charge in [0.15, 0.2) is 0 Å². The van der Waals surface area contributed by atoms with Crippen molar-refractivity contribution in [1.82, 2.24) is 4.98 Å². The smallest absolute Gasteiger partial charge is 0.213 e. The normalized spacial score (nSPS) is 10.7. The molecule has 0 bridgehead atoms. The van der Waals surface area contributed by atoms with E-state index in [-0.39, 0.29) is 12.7 Å². The molecule has 0 spiro atoms. The second-order valence-corrected chi connectivity index (χ2v) is 3.43. The van der Waals surface area contributed by atoms with Gasteiger partial charge in [-0.1, -0.05) is 0 Å². The number of nitrogens with zero attached hydrogens (tertiary/aromatic N) is 1. The Morgan fingerprint density at radius 1 is 1.33 bits per heavy atom. The highest BCUT2D eigenvalue weighted by atomic mass is 16.5. The largest absolute Gasteiger partial charge is 0.475 e. The number of hydrogen-bond acceptors (Lipinski definition) is 4. The summed E-state index contributed by atoms with van der Waals surface area (Å²) in [5.41, 5.74) is 0.779. The predicted octanol–water partition coefficient (Wildman–Crippen LogP) is 1.38. The molecule has 15 heavy (non-hydrogen) atoms. The van der Waals surface area contributed by atoms with Crippen LogP contribution >= 0.6 is 0 Å². The standard InChI is InChI=1S/C11H17NO3/c1-9(2)14-5-6-15-11-4-3-10(8-13)7-12-11/h3-4,7,9,13H,5-6,8H2,1-2H3. The fraction of sp³-hybridized carbons (Fsp3) is 0.545. The maximum atomic E-state index is 8.80. The van der Waals surface area contributed by atoms with Crippen LogP contribution in [0.25, 0.3) is 0 Å². The molecule has 0 amide bonds. The Morgan fingerprint density at radius 3 is 2.67 bits per heavy atom. The van der Waals surface area contributed by atoms with Gasteiger partial charge in [-0.15, -0.1) is 0 Å². The van der Waals surface area contributed by atoms with Gasteiger partial charge in [0.1, 0.15) is 6.61 Å². The number of ether oxygens (including phenoxy) is 2. The van der Waals surface area contributed by atoms with Crippen LogP contribution in [-0.4, -0.2) is 29.4 Å². The van der Waals surface area contributed by atoms with E-state index in [1.807, 2.05) is 13.8 Å². The second-order valence-electron chi connectivity index (χ2n) is 3.43. The topological polar surface area (TPSA) is 51.6 Å². The summed E-state index contributed by atoms with van der Waals surface area (Å²) in [7, 11) is 0. The first-order valence-electron chi connectivity index (χ1n) is 5.02. The molecule has 1 rings (SSSR count). The summed E-state index contributed by atoms with van der Waals surface area (Å²) < 4.78 is 10.7. The Balaban J connectivity index is 2.25. The van der Waals surface area contributed by atoms with Gasteiger partial charge in [0.25, 0.3) is 0 Å². The van der Waals surface area contributed by atoms with Crippen LogP contribution in [0.1, 0.15) is 19.4 Å². The molecule has 0 unspecified atom stereocenters. The van der Waals surface area contributed by atoms with Gasteiger partial charge in [-0.05, 0) is 25.5 Å². The predicted molar refractivity (Wildman–Crippen MR) is 56.7 cm³/mol. The number of aromatic nitrogens is 1. The van der Waals surface area contributed by atoms with Crippen LogP contribution < -0.4 is 4.74 Å². The van der Waals surface area contributed by atoms with Crippen LogP contribution in [0.5, 0.6) is 5.88 Å². The summed E-state index contributed by atoms with van der Waals surface area (Å²) in [5.74, 6) is 0.555. The number of hydrogen-bond donors (Lipinski definition) is 1. The van der Waals surface area contributed by atoms with E-state index in [2.05, 4.69) is 4.98 Å².